The average molecular weight is 658 g/mol. The van der Waals surface area contributed by atoms with Gasteiger partial charge in [0.1, 0.15) is 12.1 Å². The molecule has 1 saturated heterocycles. The van der Waals surface area contributed by atoms with Crippen LogP contribution in [0.2, 0.25) is 0 Å². The minimum Gasteiger partial charge on any atom is -0.390 e. The third-order valence-corrected chi connectivity index (χ3v) is 8.68. The highest BCUT2D eigenvalue weighted by molar-refractivity contribution is 5.93. The van der Waals surface area contributed by atoms with E-state index in [2.05, 4.69) is 20.6 Å². The summed E-state index contributed by atoms with van der Waals surface area (Å²) in [7, 11) is 0. The molecular weight excluding hydrogens is 602 g/mol. The number of benzene rings is 1. The number of amides is 3. The van der Waals surface area contributed by atoms with Crippen molar-refractivity contribution >= 4 is 23.4 Å². The first-order chi connectivity index (χ1) is 22.5. The molecule has 262 valence electrons. The molecular formula is C34H55N7O6. The molecule has 9 N–H and O–H groups in total. The van der Waals surface area contributed by atoms with Crippen molar-refractivity contribution in [2.45, 2.75) is 102 Å². The zero-order valence-corrected chi connectivity index (χ0v) is 27.9. The Hall–Kier alpha value is -3.52. The van der Waals surface area contributed by atoms with Crippen LogP contribution < -0.4 is 22.1 Å². The van der Waals surface area contributed by atoms with E-state index in [9.17, 15) is 24.6 Å². The maximum absolute atomic E-state index is 13.0. The topological polar surface area (TPSA) is 209 Å². The summed E-state index contributed by atoms with van der Waals surface area (Å²) in [6.45, 7) is 6.01. The standard InChI is InChI=1S/C20H26N6O4.C14H29NO2/c21-19(28)16(10-15-12-22-13-23-15)25-20(29)17(24-14-4-2-1-3-5-14)11-18(27)26-6-8-30-9-7-26;1-10(2)8-13(16)14(17)12(15)9-11-6-4-3-5-7-11/h1-5,12-13,16-17,24H,6-11H2,(H2,21,28)(H,22,23)(H,25,29);10-14,16-17H,3-9,15H2,1-2H3. The Labute approximate surface area is 278 Å². The van der Waals surface area contributed by atoms with Gasteiger partial charge in [0.2, 0.25) is 17.7 Å². The number of morpholine rings is 1. The van der Waals surface area contributed by atoms with Gasteiger partial charge in [-0.15, -0.1) is 0 Å². The van der Waals surface area contributed by atoms with E-state index in [-0.39, 0.29) is 24.8 Å². The maximum atomic E-state index is 13.0. The van der Waals surface area contributed by atoms with E-state index in [1.807, 2.05) is 32.0 Å². The molecule has 0 bridgehead atoms. The van der Waals surface area contributed by atoms with Gasteiger partial charge in [0, 0.05) is 37.4 Å². The van der Waals surface area contributed by atoms with Gasteiger partial charge in [-0.05, 0) is 36.8 Å². The summed E-state index contributed by atoms with van der Waals surface area (Å²) in [5, 5.41) is 25.6. The van der Waals surface area contributed by atoms with Crippen molar-refractivity contribution in [2.24, 2.45) is 23.3 Å². The molecule has 47 heavy (non-hydrogen) atoms. The quantitative estimate of drug-likeness (QED) is 0.148. The number of hydrogen-bond donors (Lipinski definition) is 7. The van der Waals surface area contributed by atoms with Crippen LogP contribution in [0, 0.1) is 11.8 Å². The number of nitrogens with one attached hydrogen (secondary N) is 3. The Morgan fingerprint density at radius 2 is 1.74 bits per heavy atom. The smallest absolute Gasteiger partial charge is 0.243 e. The summed E-state index contributed by atoms with van der Waals surface area (Å²) in [6, 6.07) is 7.01. The molecule has 1 saturated carbocycles. The predicted molar refractivity (Wildman–Crippen MR) is 180 cm³/mol. The number of H-pyrrole nitrogens is 1. The molecule has 2 heterocycles. The van der Waals surface area contributed by atoms with E-state index in [1.165, 1.54) is 38.4 Å². The van der Waals surface area contributed by atoms with Crippen molar-refractivity contribution in [1.82, 2.24) is 20.2 Å². The highest BCUT2D eigenvalue weighted by Gasteiger charge is 2.30. The number of aromatic nitrogens is 2. The lowest BCUT2D eigenvalue weighted by molar-refractivity contribution is -0.137. The zero-order chi connectivity index (χ0) is 34.2. The number of nitrogens with two attached hydrogens (primary N) is 2. The molecule has 13 heteroatoms. The molecule has 13 nitrogen and oxygen atoms in total. The summed E-state index contributed by atoms with van der Waals surface area (Å²) in [4.78, 5) is 46.1. The van der Waals surface area contributed by atoms with Crippen LogP contribution in [0.25, 0.3) is 0 Å². The van der Waals surface area contributed by atoms with Gasteiger partial charge in [0.05, 0.1) is 43.9 Å². The molecule has 0 radical (unpaired) electrons. The van der Waals surface area contributed by atoms with Crippen molar-refractivity contribution in [3.05, 3.63) is 48.5 Å². The number of anilines is 1. The Bertz CT molecular complexity index is 1190. The van der Waals surface area contributed by atoms with Crippen LogP contribution in [0.15, 0.2) is 42.9 Å². The van der Waals surface area contributed by atoms with Crippen LogP contribution >= 0.6 is 0 Å². The average Bonchev–Trinajstić information content (AvgIpc) is 3.58. The molecule has 1 aromatic heterocycles. The first-order valence-corrected chi connectivity index (χ1v) is 16.9. The van der Waals surface area contributed by atoms with Crippen molar-refractivity contribution in [2.75, 3.05) is 31.6 Å². The number of rotatable bonds is 15. The van der Waals surface area contributed by atoms with Gasteiger partial charge >= 0.3 is 0 Å². The number of carbonyl (C=O) groups excluding carboxylic acids is 3. The van der Waals surface area contributed by atoms with Gasteiger partial charge in [0.25, 0.3) is 0 Å². The zero-order valence-electron chi connectivity index (χ0n) is 27.9. The fourth-order valence-electron chi connectivity index (χ4n) is 6.02. The molecule has 1 aliphatic carbocycles. The number of primary amides is 1. The van der Waals surface area contributed by atoms with Crippen LogP contribution in [0.3, 0.4) is 0 Å². The van der Waals surface area contributed by atoms with Gasteiger partial charge in [-0.25, -0.2) is 4.98 Å². The molecule has 2 fully saturated rings. The molecule has 2 aliphatic rings. The first kappa shape index (κ1) is 37.9. The SMILES string of the molecule is CC(C)CC(O)C(O)C(N)CC1CCCCC1.NC(=O)C(Cc1c[nH]cn1)NC(=O)C(CC(=O)N1CCOCC1)Nc1ccccc1. The van der Waals surface area contributed by atoms with Gasteiger partial charge in [-0.3, -0.25) is 14.4 Å². The Kier molecular flexibility index (Phi) is 16.1. The molecule has 5 atom stereocenters. The second kappa shape index (κ2) is 20.0. The molecule has 4 rings (SSSR count). The van der Waals surface area contributed by atoms with Gasteiger partial charge in [0.15, 0.2) is 0 Å². The predicted octanol–water partition coefficient (Wildman–Crippen LogP) is 1.70. The van der Waals surface area contributed by atoms with Crippen LogP contribution in [-0.2, 0) is 25.5 Å². The fourth-order valence-corrected chi connectivity index (χ4v) is 6.02. The lowest BCUT2D eigenvalue weighted by atomic mass is 9.83. The van der Waals surface area contributed by atoms with E-state index >= 15 is 0 Å². The second-order valence-electron chi connectivity index (χ2n) is 13.1. The maximum Gasteiger partial charge on any atom is 0.243 e. The minimum atomic E-state index is -0.945. The number of nitrogens with zero attached hydrogens (tertiary/aromatic N) is 2. The number of aromatic amines is 1. The van der Waals surface area contributed by atoms with Gasteiger partial charge in [-0.1, -0.05) is 64.2 Å². The summed E-state index contributed by atoms with van der Waals surface area (Å²) in [6.07, 6.45) is 9.65. The summed E-state index contributed by atoms with van der Waals surface area (Å²) >= 11 is 0. The Morgan fingerprint density at radius 1 is 1.06 bits per heavy atom. The summed E-state index contributed by atoms with van der Waals surface area (Å²) < 4.78 is 5.28. The highest BCUT2D eigenvalue weighted by atomic mass is 16.5. The monoisotopic (exact) mass is 657 g/mol. The largest absolute Gasteiger partial charge is 0.390 e. The first-order valence-electron chi connectivity index (χ1n) is 16.9. The normalized spacial score (nSPS) is 18.6. The van der Waals surface area contributed by atoms with Crippen molar-refractivity contribution in [3.8, 4) is 0 Å². The molecule has 5 unspecified atom stereocenters. The van der Waals surface area contributed by atoms with Crippen LogP contribution in [0.4, 0.5) is 5.69 Å². The number of aliphatic hydroxyl groups excluding tert-OH is 2. The third-order valence-electron chi connectivity index (χ3n) is 8.68. The van der Waals surface area contributed by atoms with Gasteiger partial charge in [-0.2, -0.15) is 0 Å². The van der Waals surface area contributed by atoms with E-state index in [4.69, 9.17) is 16.2 Å². The Morgan fingerprint density at radius 3 is 2.34 bits per heavy atom. The van der Waals surface area contributed by atoms with Crippen LogP contribution in [0.5, 0.6) is 0 Å². The number of hydrogen-bond acceptors (Lipinski definition) is 9. The Balaban J connectivity index is 0.000000300. The minimum absolute atomic E-state index is 0.0609. The lowest BCUT2D eigenvalue weighted by Crippen LogP contribution is -2.52. The lowest BCUT2D eigenvalue weighted by Gasteiger charge is -2.29. The number of aliphatic hydroxyl groups is 2. The van der Waals surface area contributed by atoms with Crippen LogP contribution in [-0.4, -0.2) is 99.4 Å². The third kappa shape index (κ3) is 13.6. The highest BCUT2D eigenvalue weighted by Crippen LogP contribution is 2.28. The van der Waals surface area contributed by atoms with Crippen molar-refractivity contribution in [3.63, 3.8) is 0 Å². The van der Waals surface area contributed by atoms with Crippen molar-refractivity contribution in [1.29, 1.82) is 0 Å². The van der Waals surface area contributed by atoms with E-state index < -0.39 is 36.1 Å². The summed E-state index contributed by atoms with van der Waals surface area (Å²) in [5.41, 5.74) is 12.8. The number of imidazole rings is 1. The van der Waals surface area contributed by atoms with E-state index in [0.29, 0.717) is 55.9 Å². The van der Waals surface area contributed by atoms with Crippen LogP contribution in [0.1, 0.15) is 70.9 Å². The molecule has 1 aliphatic heterocycles. The van der Waals surface area contributed by atoms with Gasteiger partial charge < -0.3 is 46.9 Å². The molecule has 1 aromatic carbocycles. The summed E-state index contributed by atoms with van der Waals surface area (Å²) in [5.74, 6) is -0.282. The number of ether oxygens (including phenoxy) is 1. The van der Waals surface area contributed by atoms with E-state index in [1.54, 1.807) is 23.2 Å². The molecule has 3 amide bonds. The second-order valence-corrected chi connectivity index (χ2v) is 13.1. The molecule has 2 aromatic rings. The fraction of sp³-hybridized carbons (Fsp3) is 0.647. The number of carbonyl (C=O) groups is 3. The van der Waals surface area contributed by atoms with E-state index in [0.717, 1.165) is 6.42 Å². The number of para-hydroxylation sites is 1. The molecule has 0 spiro atoms. The van der Waals surface area contributed by atoms with Crippen molar-refractivity contribution < 1.29 is 29.3 Å².